The van der Waals surface area contributed by atoms with Crippen LogP contribution in [0.25, 0.3) is 5.65 Å². The zero-order chi connectivity index (χ0) is 11.0. The molecular formula is C8H4FN3O3. The third-order valence-corrected chi connectivity index (χ3v) is 1.87. The summed E-state index contributed by atoms with van der Waals surface area (Å²) in [7, 11) is 0. The molecule has 1 N–H and O–H groups in total. The van der Waals surface area contributed by atoms with Gasteiger partial charge < -0.3 is 5.11 Å². The summed E-state index contributed by atoms with van der Waals surface area (Å²) in [5.41, 5.74) is -0.792. The van der Waals surface area contributed by atoms with E-state index in [1.807, 2.05) is 0 Å². The lowest BCUT2D eigenvalue weighted by Gasteiger charge is -1.93. The van der Waals surface area contributed by atoms with E-state index in [2.05, 4.69) is 10.2 Å². The summed E-state index contributed by atoms with van der Waals surface area (Å²) in [6.45, 7) is 0. The maximum Gasteiger partial charge on any atom is 0.358 e. The molecule has 0 amide bonds. The van der Waals surface area contributed by atoms with Crippen LogP contribution in [0.2, 0.25) is 0 Å². The van der Waals surface area contributed by atoms with Gasteiger partial charge >= 0.3 is 5.97 Å². The first-order valence-electron chi connectivity index (χ1n) is 3.88. The van der Waals surface area contributed by atoms with Gasteiger partial charge in [0.25, 0.3) is 0 Å². The fourth-order valence-electron chi connectivity index (χ4n) is 1.25. The number of carboxylic acid groups (broad SMARTS) is 1. The van der Waals surface area contributed by atoms with Crippen LogP contribution >= 0.6 is 0 Å². The zero-order valence-corrected chi connectivity index (χ0v) is 7.22. The molecule has 0 spiro atoms. The average Bonchev–Trinajstić information content (AvgIpc) is 2.57. The highest BCUT2D eigenvalue weighted by molar-refractivity contribution is 5.91. The topological polar surface area (TPSA) is 84.0 Å². The number of pyridine rings is 1. The van der Waals surface area contributed by atoms with Crippen LogP contribution in [0.15, 0.2) is 23.5 Å². The monoisotopic (exact) mass is 209 g/mol. The van der Waals surface area contributed by atoms with Gasteiger partial charge in [-0.3, -0.25) is 4.40 Å². The Labute approximate surface area is 82.0 Å². The second-order valence-electron chi connectivity index (χ2n) is 2.73. The van der Waals surface area contributed by atoms with E-state index < -0.39 is 23.3 Å². The first-order valence-corrected chi connectivity index (χ1v) is 3.88. The first kappa shape index (κ1) is 9.25. The van der Waals surface area contributed by atoms with Crippen molar-refractivity contribution in [1.82, 2.24) is 9.38 Å². The number of nitrogens with zero attached hydrogens (tertiary/aromatic N) is 3. The van der Waals surface area contributed by atoms with Crippen LogP contribution in [-0.4, -0.2) is 20.5 Å². The number of imidazole rings is 1. The number of nitroso groups, excluding NO2 is 1. The molecule has 2 aromatic heterocycles. The van der Waals surface area contributed by atoms with Crippen LogP contribution in [-0.2, 0) is 0 Å². The number of rotatable bonds is 2. The summed E-state index contributed by atoms with van der Waals surface area (Å²) in [5, 5.41) is 11.2. The van der Waals surface area contributed by atoms with Crippen LogP contribution in [0.4, 0.5) is 10.2 Å². The molecule has 0 unspecified atom stereocenters. The number of fused-ring (bicyclic) bond motifs is 1. The van der Waals surface area contributed by atoms with E-state index in [9.17, 15) is 14.1 Å². The van der Waals surface area contributed by atoms with Gasteiger partial charge in [0.1, 0.15) is 0 Å². The lowest BCUT2D eigenvalue weighted by molar-refractivity contribution is 0.0692. The van der Waals surface area contributed by atoms with Crippen LogP contribution < -0.4 is 0 Å². The second kappa shape index (κ2) is 3.12. The zero-order valence-electron chi connectivity index (χ0n) is 7.22. The lowest BCUT2D eigenvalue weighted by atomic mass is 10.4. The highest BCUT2D eigenvalue weighted by Gasteiger charge is 2.20. The van der Waals surface area contributed by atoms with E-state index in [0.717, 1.165) is 10.5 Å². The SMILES string of the molecule is O=Nc1c(C(=O)O)nc2c(F)cccn12. The predicted molar refractivity (Wildman–Crippen MR) is 47.6 cm³/mol. The van der Waals surface area contributed by atoms with Crippen molar-refractivity contribution in [2.45, 2.75) is 0 Å². The van der Waals surface area contributed by atoms with Gasteiger partial charge in [-0.15, -0.1) is 4.91 Å². The van der Waals surface area contributed by atoms with Crippen molar-refractivity contribution < 1.29 is 14.3 Å². The number of aromatic carboxylic acids is 1. The summed E-state index contributed by atoms with van der Waals surface area (Å²) >= 11 is 0. The van der Waals surface area contributed by atoms with Crippen molar-refractivity contribution in [2.24, 2.45) is 5.18 Å². The Balaban J connectivity index is 2.90. The Bertz CT molecular complexity index is 564. The minimum atomic E-state index is -1.42. The highest BCUT2D eigenvalue weighted by Crippen LogP contribution is 2.22. The standard InChI is InChI=1S/C8H4FN3O3/c9-4-2-1-3-12-6(4)10-5(8(13)14)7(12)11-15/h1-3H,(H,13,14). The molecule has 0 atom stereocenters. The Morgan fingerprint density at radius 1 is 1.60 bits per heavy atom. The maximum absolute atomic E-state index is 13.2. The van der Waals surface area contributed by atoms with Gasteiger partial charge in [0.05, 0.1) is 0 Å². The number of carbonyl (C=O) groups is 1. The molecule has 2 rings (SSSR count). The van der Waals surface area contributed by atoms with Crippen LogP contribution in [0.1, 0.15) is 10.5 Å². The molecule has 0 bridgehead atoms. The quantitative estimate of drug-likeness (QED) is 0.760. The molecule has 0 aromatic carbocycles. The van der Waals surface area contributed by atoms with Crippen molar-refractivity contribution in [1.29, 1.82) is 0 Å². The molecule has 7 heteroatoms. The van der Waals surface area contributed by atoms with Crippen molar-refractivity contribution in [3.8, 4) is 0 Å². The summed E-state index contributed by atoms with van der Waals surface area (Å²) < 4.78 is 14.2. The van der Waals surface area contributed by atoms with Crippen LogP contribution in [0.3, 0.4) is 0 Å². The van der Waals surface area contributed by atoms with Crippen molar-refractivity contribution in [3.05, 3.63) is 34.7 Å². The van der Waals surface area contributed by atoms with E-state index >= 15 is 0 Å². The lowest BCUT2D eigenvalue weighted by Crippen LogP contribution is -1.96. The number of halogens is 1. The van der Waals surface area contributed by atoms with Gasteiger partial charge in [-0.2, -0.15) is 0 Å². The molecule has 0 aliphatic heterocycles. The molecule has 0 saturated heterocycles. The van der Waals surface area contributed by atoms with Crippen molar-refractivity contribution in [3.63, 3.8) is 0 Å². The molecule has 2 aromatic rings. The fraction of sp³-hybridized carbons (Fsp3) is 0. The van der Waals surface area contributed by atoms with Gasteiger partial charge in [0.15, 0.2) is 17.2 Å². The fourth-order valence-corrected chi connectivity index (χ4v) is 1.25. The Hall–Kier alpha value is -2.31. The normalized spacial score (nSPS) is 10.5. The molecule has 2 heterocycles. The summed E-state index contributed by atoms with van der Waals surface area (Å²) in [6, 6.07) is 2.44. The molecular weight excluding hydrogens is 205 g/mol. The number of aromatic nitrogens is 2. The molecule has 0 saturated carbocycles. The number of carboxylic acids is 1. The van der Waals surface area contributed by atoms with Gasteiger partial charge in [-0.25, -0.2) is 14.2 Å². The molecule has 0 fully saturated rings. The van der Waals surface area contributed by atoms with E-state index in [1.165, 1.54) is 12.3 Å². The molecule has 6 nitrogen and oxygen atoms in total. The van der Waals surface area contributed by atoms with Crippen LogP contribution in [0.5, 0.6) is 0 Å². The van der Waals surface area contributed by atoms with E-state index in [-0.39, 0.29) is 5.65 Å². The van der Waals surface area contributed by atoms with Crippen LogP contribution in [0, 0.1) is 10.7 Å². The largest absolute Gasteiger partial charge is 0.476 e. The summed E-state index contributed by atoms with van der Waals surface area (Å²) in [5.74, 6) is -2.56. The average molecular weight is 209 g/mol. The van der Waals surface area contributed by atoms with Gasteiger partial charge in [-0.1, -0.05) is 0 Å². The smallest absolute Gasteiger partial charge is 0.358 e. The van der Waals surface area contributed by atoms with Crippen molar-refractivity contribution >= 4 is 17.4 Å². The third-order valence-electron chi connectivity index (χ3n) is 1.87. The third kappa shape index (κ3) is 1.25. The maximum atomic E-state index is 13.2. The minimum Gasteiger partial charge on any atom is -0.476 e. The molecule has 0 aliphatic rings. The summed E-state index contributed by atoms with van der Waals surface area (Å²) in [6.07, 6.45) is 1.31. The Morgan fingerprint density at radius 3 is 2.93 bits per heavy atom. The number of hydrogen-bond donors (Lipinski definition) is 1. The highest BCUT2D eigenvalue weighted by atomic mass is 19.1. The van der Waals surface area contributed by atoms with Gasteiger partial charge in [-0.05, 0) is 17.3 Å². The van der Waals surface area contributed by atoms with E-state index in [4.69, 9.17) is 5.11 Å². The predicted octanol–water partition coefficient (Wildman–Crippen LogP) is 1.57. The minimum absolute atomic E-state index is 0.232. The van der Waals surface area contributed by atoms with Gasteiger partial charge in [0.2, 0.25) is 5.82 Å². The summed E-state index contributed by atoms with van der Waals surface area (Å²) in [4.78, 5) is 24.6. The Morgan fingerprint density at radius 2 is 2.33 bits per heavy atom. The van der Waals surface area contributed by atoms with Gasteiger partial charge in [0, 0.05) is 6.20 Å². The van der Waals surface area contributed by atoms with Crippen molar-refractivity contribution in [2.75, 3.05) is 0 Å². The number of hydrogen-bond acceptors (Lipinski definition) is 4. The first-order chi connectivity index (χ1) is 7.15. The Kier molecular flexibility index (Phi) is 1.93. The van der Waals surface area contributed by atoms with E-state index in [0.29, 0.717) is 0 Å². The molecule has 15 heavy (non-hydrogen) atoms. The second-order valence-corrected chi connectivity index (χ2v) is 2.73. The molecule has 76 valence electrons. The van der Waals surface area contributed by atoms with E-state index in [1.54, 1.807) is 0 Å². The molecule has 0 aliphatic carbocycles. The molecule has 0 radical (unpaired) electrons.